The molecule has 0 aromatic carbocycles. The summed E-state index contributed by atoms with van der Waals surface area (Å²) < 4.78 is 11.3. The van der Waals surface area contributed by atoms with Crippen molar-refractivity contribution in [3.05, 3.63) is 60.8 Å². The summed E-state index contributed by atoms with van der Waals surface area (Å²) in [5.41, 5.74) is 0. The number of amides is 1. The summed E-state index contributed by atoms with van der Waals surface area (Å²) in [5.74, 6) is -0.171. The van der Waals surface area contributed by atoms with Crippen molar-refractivity contribution in [1.82, 2.24) is 5.32 Å². The Morgan fingerprint density at radius 1 is 0.407 bits per heavy atom. The number of nitrogens with one attached hydrogen (secondary N) is 1. The van der Waals surface area contributed by atoms with Gasteiger partial charge in [-0.15, -0.1) is 0 Å². The molecule has 1 fully saturated rings. The second-order valence-electron chi connectivity index (χ2n) is 26.1. The molecule has 9 nitrogen and oxygen atoms in total. The van der Waals surface area contributed by atoms with Gasteiger partial charge in [-0.3, -0.25) is 4.79 Å². The molecule has 1 saturated heterocycles. The standard InChI is InChI=1S/C77H143NO8/c1-3-5-7-9-11-13-15-17-19-21-23-25-27-29-31-33-35-37-38-40-42-44-46-48-50-52-54-56-58-60-62-64-66-71(80)70(69-85-77-76(84)75(83)74(82)72(68-79)86-77)78-73(81)67-65-63-61-59-57-55-53-51-49-47-45-43-41-39-36-34-32-30-28-26-24-22-20-18-16-14-12-10-8-6-4-2/h6,8,12,14,18,20,24,26,64,66,70-72,74-77,79-80,82-84H,3-5,7,9-11,13,15-17,19,21-23,25,27-63,65,67-69H2,1-2H3,(H,78,81)/b8-6-,14-12-,20-18-,26-24-,66-64+. The third-order valence-electron chi connectivity index (χ3n) is 17.8. The van der Waals surface area contributed by atoms with E-state index >= 15 is 0 Å². The van der Waals surface area contributed by atoms with Crippen molar-refractivity contribution in [3.63, 3.8) is 0 Å². The smallest absolute Gasteiger partial charge is 0.220 e. The van der Waals surface area contributed by atoms with E-state index in [1.54, 1.807) is 6.08 Å². The molecule has 1 rings (SSSR count). The molecule has 0 spiro atoms. The Morgan fingerprint density at radius 2 is 0.721 bits per heavy atom. The average Bonchev–Trinajstić information content (AvgIpc) is 3.59. The highest BCUT2D eigenvalue weighted by molar-refractivity contribution is 5.76. The van der Waals surface area contributed by atoms with Gasteiger partial charge >= 0.3 is 0 Å². The topological polar surface area (TPSA) is 149 Å². The van der Waals surface area contributed by atoms with E-state index in [-0.39, 0.29) is 12.5 Å². The van der Waals surface area contributed by atoms with Gasteiger partial charge in [0.1, 0.15) is 24.4 Å². The zero-order valence-electron chi connectivity index (χ0n) is 56.6. The number of hydrogen-bond donors (Lipinski definition) is 6. The zero-order chi connectivity index (χ0) is 62.1. The van der Waals surface area contributed by atoms with E-state index in [0.717, 1.165) is 64.2 Å². The maximum atomic E-state index is 13.2. The molecule has 1 aliphatic heterocycles. The van der Waals surface area contributed by atoms with E-state index in [9.17, 15) is 30.3 Å². The van der Waals surface area contributed by atoms with Crippen molar-refractivity contribution in [2.24, 2.45) is 0 Å². The lowest BCUT2D eigenvalue weighted by atomic mass is 9.99. The molecule has 0 radical (unpaired) electrons. The Hall–Kier alpha value is -2.11. The fourth-order valence-electron chi connectivity index (χ4n) is 12.0. The Balaban J connectivity index is 2.10. The average molecular weight is 1210 g/mol. The minimum Gasteiger partial charge on any atom is -0.394 e. The maximum absolute atomic E-state index is 13.2. The predicted molar refractivity (Wildman–Crippen MR) is 369 cm³/mol. The number of unbranched alkanes of at least 4 members (excludes halogenated alkanes) is 48. The van der Waals surface area contributed by atoms with E-state index in [2.05, 4.69) is 67.8 Å². The summed E-state index contributed by atoms with van der Waals surface area (Å²) >= 11 is 0. The molecule has 6 N–H and O–H groups in total. The van der Waals surface area contributed by atoms with Crippen molar-refractivity contribution in [3.8, 4) is 0 Å². The number of ether oxygens (including phenoxy) is 2. The molecule has 0 aromatic heterocycles. The van der Waals surface area contributed by atoms with Crippen molar-refractivity contribution in [2.75, 3.05) is 13.2 Å². The lowest BCUT2D eigenvalue weighted by Gasteiger charge is -2.40. The molecule has 0 saturated carbocycles. The van der Waals surface area contributed by atoms with Gasteiger partial charge in [0.2, 0.25) is 5.91 Å². The van der Waals surface area contributed by atoms with Crippen LogP contribution in [0, 0.1) is 0 Å². The lowest BCUT2D eigenvalue weighted by molar-refractivity contribution is -0.302. The van der Waals surface area contributed by atoms with Gasteiger partial charge in [0.05, 0.1) is 25.4 Å². The van der Waals surface area contributed by atoms with Crippen LogP contribution in [0.2, 0.25) is 0 Å². The molecule has 7 atom stereocenters. The maximum Gasteiger partial charge on any atom is 0.220 e. The van der Waals surface area contributed by atoms with Crippen LogP contribution in [0.4, 0.5) is 0 Å². The normalized spacial score (nSPS) is 18.3. The minimum absolute atomic E-state index is 0.171. The van der Waals surface area contributed by atoms with Crippen molar-refractivity contribution >= 4 is 5.91 Å². The zero-order valence-corrected chi connectivity index (χ0v) is 56.6. The van der Waals surface area contributed by atoms with Gasteiger partial charge in [-0.25, -0.2) is 0 Å². The SMILES string of the molecule is CC/C=C\C/C=C\C/C=C\C/C=C\CCCCCCCCCCCCCCCCCCCCC(=O)NC(COC1OC(CO)C(O)C(O)C1O)C(O)/C=C/CCCCCCCCCCCCCCCCCCCCCCCCCCCCCCCC. The molecular formula is C77H143NO8. The Labute approximate surface area is 532 Å². The monoisotopic (exact) mass is 1210 g/mol. The third kappa shape index (κ3) is 53.7. The van der Waals surface area contributed by atoms with Gasteiger partial charge in [0.15, 0.2) is 6.29 Å². The largest absolute Gasteiger partial charge is 0.394 e. The number of allylic oxidation sites excluding steroid dienone is 9. The molecule has 0 aliphatic carbocycles. The quantitative estimate of drug-likeness (QED) is 0.0261. The lowest BCUT2D eigenvalue weighted by Crippen LogP contribution is -2.60. The summed E-state index contributed by atoms with van der Waals surface area (Å²) in [7, 11) is 0. The number of aliphatic hydroxyl groups is 5. The Morgan fingerprint density at radius 3 is 1.07 bits per heavy atom. The van der Waals surface area contributed by atoms with E-state index < -0.39 is 49.5 Å². The Kier molecular flexibility index (Phi) is 62.7. The van der Waals surface area contributed by atoms with Crippen LogP contribution < -0.4 is 5.32 Å². The fraction of sp³-hybridized carbons (Fsp3) is 0.857. The van der Waals surface area contributed by atoms with Crippen LogP contribution in [-0.2, 0) is 14.3 Å². The first kappa shape index (κ1) is 81.9. The first-order valence-corrected chi connectivity index (χ1v) is 37.5. The van der Waals surface area contributed by atoms with E-state index in [1.165, 1.54) is 283 Å². The number of rotatable bonds is 66. The van der Waals surface area contributed by atoms with Crippen molar-refractivity contribution < 1.29 is 39.8 Å². The summed E-state index contributed by atoms with van der Waals surface area (Å²) in [6.07, 6.45) is 84.9. The highest BCUT2D eigenvalue weighted by Crippen LogP contribution is 2.24. The minimum atomic E-state index is -1.57. The van der Waals surface area contributed by atoms with Crippen LogP contribution in [0.25, 0.3) is 0 Å². The van der Waals surface area contributed by atoms with Crippen LogP contribution in [0.15, 0.2) is 60.8 Å². The second-order valence-corrected chi connectivity index (χ2v) is 26.1. The molecule has 1 heterocycles. The van der Waals surface area contributed by atoms with Gasteiger partial charge in [0.25, 0.3) is 0 Å². The van der Waals surface area contributed by atoms with Crippen molar-refractivity contribution in [2.45, 2.75) is 410 Å². The summed E-state index contributed by atoms with van der Waals surface area (Å²) in [6.45, 7) is 3.72. The molecule has 7 unspecified atom stereocenters. The summed E-state index contributed by atoms with van der Waals surface area (Å²) in [5, 5.41) is 54.9. The summed E-state index contributed by atoms with van der Waals surface area (Å²) in [6, 6.07) is -0.808. The van der Waals surface area contributed by atoms with Crippen LogP contribution in [0.5, 0.6) is 0 Å². The number of carbonyl (C=O) groups excluding carboxylic acids is 1. The van der Waals surface area contributed by atoms with Crippen LogP contribution in [0.1, 0.15) is 367 Å². The molecule has 9 heteroatoms. The molecule has 0 bridgehead atoms. The molecule has 504 valence electrons. The van der Waals surface area contributed by atoms with Crippen molar-refractivity contribution in [1.29, 1.82) is 0 Å². The molecule has 1 aliphatic rings. The van der Waals surface area contributed by atoms with Crippen LogP contribution in [0.3, 0.4) is 0 Å². The van der Waals surface area contributed by atoms with E-state index in [0.29, 0.717) is 6.42 Å². The van der Waals surface area contributed by atoms with Crippen LogP contribution >= 0.6 is 0 Å². The highest BCUT2D eigenvalue weighted by Gasteiger charge is 2.44. The first-order valence-electron chi connectivity index (χ1n) is 37.5. The number of hydrogen-bond acceptors (Lipinski definition) is 8. The Bertz CT molecular complexity index is 1540. The summed E-state index contributed by atoms with van der Waals surface area (Å²) in [4.78, 5) is 13.2. The predicted octanol–water partition coefficient (Wildman–Crippen LogP) is 20.9. The molecule has 86 heavy (non-hydrogen) atoms. The third-order valence-corrected chi connectivity index (χ3v) is 17.8. The molecule has 1 amide bonds. The van der Waals surface area contributed by atoms with Gasteiger partial charge < -0.3 is 40.3 Å². The number of carbonyl (C=O) groups is 1. The second kappa shape index (κ2) is 65.8. The van der Waals surface area contributed by atoms with Gasteiger partial charge in [-0.05, 0) is 57.8 Å². The molecular weight excluding hydrogens is 1070 g/mol. The van der Waals surface area contributed by atoms with Crippen LogP contribution in [-0.4, -0.2) is 87.5 Å². The number of aliphatic hydroxyl groups excluding tert-OH is 5. The van der Waals surface area contributed by atoms with Gasteiger partial charge in [-0.1, -0.05) is 364 Å². The first-order chi connectivity index (χ1) is 42.3. The highest BCUT2D eigenvalue weighted by atomic mass is 16.7. The van der Waals surface area contributed by atoms with E-state index in [4.69, 9.17) is 9.47 Å². The fourth-order valence-corrected chi connectivity index (χ4v) is 12.0. The van der Waals surface area contributed by atoms with Gasteiger partial charge in [-0.2, -0.15) is 0 Å². The molecule has 0 aromatic rings. The van der Waals surface area contributed by atoms with Gasteiger partial charge in [0, 0.05) is 6.42 Å². The van der Waals surface area contributed by atoms with E-state index in [1.807, 2.05) is 6.08 Å².